The number of aryl methyl sites for hydroxylation is 1. The number of carboxylic acids is 1. The normalized spacial score (nSPS) is 13.8. The number of hydrogen-bond donors (Lipinski definition) is 1. The average molecular weight is 392 g/mol. The minimum Gasteiger partial charge on any atom is -0.480 e. The Balaban J connectivity index is 1.84. The molecule has 0 atom stereocenters. The second-order valence-corrected chi connectivity index (χ2v) is 6.79. The molecule has 6 nitrogen and oxygen atoms in total. The van der Waals surface area contributed by atoms with Gasteiger partial charge in [-0.05, 0) is 66.9 Å². The second-order valence-electron chi connectivity index (χ2n) is 6.00. The zero-order chi connectivity index (χ0) is 17.4. The lowest BCUT2D eigenvalue weighted by atomic mass is 10.1. The fourth-order valence-electron chi connectivity index (χ4n) is 2.68. The van der Waals surface area contributed by atoms with Gasteiger partial charge < -0.3 is 10.0 Å². The molecule has 0 bridgehead atoms. The molecule has 2 aromatic rings. The molecule has 24 heavy (non-hydrogen) atoms. The summed E-state index contributed by atoms with van der Waals surface area (Å²) in [4.78, 5) is 25.0. The van der Waals surface area contributed by atoms with Gasteiger partial charge in [-0.25, -0.2) is 4.68 Å². The van der Waals surface area contributed by atoms with E-state index in [1.807, 2.05) is 30.7 Å². The van der Waals surface area contributed by atoms with E-state index in [1.165, 1.54) is 4.90 Å². The highest BCUT2D eigenvalue weighted by Crippen LogP contribution is 2.28. The largest absolute Gasteiger partial charge is 0.480 e. The van der Waals surface area contributed by atoms with E-state index >= 15 is 0 Å². The summed E-state index contributed by atoms with van der Waals surface area (Å²) in [5.41, 5.74) is 3.23. The molecule has 7 heteroatoms. The quantitative estimate of drug-likeness (QED) is 0.849. The highest BCUT2D eigenvalue weighted by atomic mass is 79.9. The van der Waals surface area contributed by atoms with Crippen LogP contribution in [0.3, 0.4) is 0 Å². The van der Waals surface area contributed by atoms with Crippen molar-refractivity contribution in [2.45, 2.75) is 32.7 Å². The van der Waals surface area contributed by atoms with Crippen LogP contribution in [-0.2, 0) is 4.79 Å². The maximum atomic E-state index is 12.6. The first-order valence-corrected chi connectivity index (χ1v) is 8.52. The summed E-state index contributed by atoms with van der Waals surface area (Å²) in [5, 5.41) is 13.5. The van der Waals surface area contributed by atoms with Crippen molar-refractivity contribution >= 4 is 27.8 Å². The number of aliphatic carboxylic acids is 1. The fraction of sp³-hybridized carbons (Fsp3) is 0.353. The maximum absolute atomic E-state index is 12.6. The Hall–Kier alpha value is -2.15. The fourth-order valence-corrected chi connectivity index (χ4v) is 2.93. The molecule has 1 aromatic carbocycles. The molecule has 1 heterocycles. The van der Waals surface area contributed by atoms with Crippen LogP contribution in [-0.4, -0.2) is 44.3 Å². The van der Waals surface area contributed by atoms with Crippen molar-refractivity contribution in [1.29, 1.82) is 0 Å². The number of hydrogen-bond acceptors (Lipinski definition) is 3. The Morgan fingerprint density at radius 3 is 2.38 bits per heavy atom. The molecule has 0 unspecified atom stereocenters. The van der Waals surface area contributed by atoms with Crippen molar-refractivity contribution in [3.8, 4) is 5.69 Å². The Labute approximate surface area is 148 Å². The van der Waals surface area contributed by atoms with E-state index < -0.39 is 5.97 Å². The third-order valence-corrected chi connectivity index (χ3v) is 5.26. The Morgan fingerprint density at radius 1 is 1.29 bits per heavy atom. The topological polar surface area (TPSA) is 75.4 Å². The van der Waals surface area contributed by atoms with Gasteiger partial charge in [0.05, 0.1) is 21.5 Å². The number of aromatic nitrogens is 2. The Morgan fingerprint density at radius 2 is 1.92 bits per heavy atom. The molecule has 0 aliphatic heterocycles. The van der Waals surface area contributed by atoms with Crippen LogP contribution in [0, 0.1) is 13.8 Å². The number of rotatable bonds is 5. The van der Waals surface area contributed by atoms with Gasteiger partial charge in [0, 0.05) is 11.6 Å². The molecule has 1 N–H and O–H groups in total. The summed E-state index contributed by atoms with van der Waals surface area (Å²) in [6.07, 6.45) is 1.74. The molecular formula is C17H18BrN3O3. The van der Waals surface area contributed by atoms with Gasteiger partial charge in [-0.15, -0.1) is 0 Å². The summed E-state index contributed by atoms with van der Waals surface area (Å²) in [6.45, 7) is 3.63. The highest BCUT2D eigenvalue weighted by Gasteiger charge is 2.34. The first kappa shape index (κ1) is 16.7. The first-order chi connectivity index (χ1) is 11.4. The smallest absolute Gasteiger partial charge is 0.323 e. The molecule has 1 aliphatic carbocycles. The van der Waals surface area contributed by atoms with Crippen molar-refractivity contribution < 1.29 is 14.7 Å². The van der Waals surface area contributed by atoms with Gasteiger partial charge in [-0.2, -0.15) is 5.10 Å². The van der Waals surface area contributed by atoms with E-state index in [2.05, 4.69) is 21.0 Å². The van der Waals surface area contributed by atoms with Crippen LogP contribution >= 0.6 is 15.9 Å². The summed E-state index contributed by atoms with van der Waals surface area (Å²) in [5.74, 6) is -1.22. The number of benzene rings is 1. The molecule has 0 saturated heterocycles. The van der Waals surface area contributed by atoms with E-state index in [0.29, 0.717) is 5.56 Å². The van der Waals surface area contributed by atoms with Gasteiger partial charge in [-0.1, -0.05) is 0 Å². The third kappa shape index (κ3) is 3.21. The minimum absolute atomic E-state index is 0.0558. The van der Waals surface area contributed by atoms with E-state index in [0.717, 1.165) is 34.4 Å². The maximum Gasteiger partial charge on any atom is 0.323 e. The zero-order valence-electron chi connectivity index (χ0n) is 13.5. The highest BCUT2D eigenvalue weighted by molar-refractivity contribution is 9.10. The predicted octanol–water partition coefficient (Wildman–Crippen LogP) is 2.94. The van der Waals surface area contributed by atoms with Gasteiger partial charge in [0.1, 0.15) is 6.54 Å². The summed E-state index contributed by atoms with van der Waals surface area (Å²) >= 11 is 3.50. The van der Waals surface area contributed by atoms with Crippen LogP contribution in [0.4, 0.5) is 0 Å². The summed E-state index contributed by atoms with van der Waals surface area (Å²) in [7, 11) is 0. The van der Waals surface area contributed by atoms with Crippen molar-refractivity contribution in [3.05, 3.63) is 45.7 Å². The lowest BCUT2D eigenvalue weighted by Gasteiger charge is -2.20. The van der Waals surface area contributed by atoms with Gasteiger partial charge in [0.2, 0.25) is 0 Å². The van der Waals surface area contributed by atoms with Crippen molar-refractivity contribution in [3.63, 3.8) is 0 Å². The average Bonchev–Trinajstić information content (AvgIpc) is 3.36. The molecule has 0 radical (unpaired) electrons. The molecule has 0 spiro atoms. The predicted molar refractivity (Wildman–Crippen MR) is 92.4 cm³/mol. The molecular weight excluding hydrogens is 374 g/mol. The number of halogens is 1. The molecule has 1 aliphatic rings. The number of carbonyl (C=O) groups is 2. The van der Waals surface area contributed by atoms with E-state index in [-0.39, 0.29) is 18.5 Å². The summed E-state index contributed by atoms with van der Waals surface area (Å²) in [6, 6.07) is 7.15. The Kier molecular flexibility index (Phi) is 4.45. The van der Waals surface area contributed by atoms with Gasteiger partial charge >= 0.3 is 5.97 Å². The van der Waals surface area contributed by atoms with Crippen LogP contribution in [0.1, 0.15) is 34.6 Å². The lowest BCUT2D eigenvalue weighted by Crippen LogP contribution is -2.37. The zero-order valence-corrected chi connectivity index (χ0v) is 15.1. The van der Waals surface area contributed by atoms with Crippen LogP contribution < -0.4 is 0 Å². The summed E-state index contributed by atoms with van der Waals surface area (Å²) < 4.78 is 2.77. The van der Waals surface area contributed by atoms with E-state index in [4.69, 9.17) is 5.11 Å². The van der Waals surface area contributed by atoms with Crippen LogP contribution in [0.15, 0.2) is 28.7 Å². The number of carbonyl (C=O) groups excluding carboxylic acids is 1. The van der Waals surface area contributed by atoms with Crippen molar-refractivity contribution in [1.82, 2.24) is 14.7 Å². The van der Waals surface area contributed by atoms with Crippen LogP contribution in [0.5, 0.6) is 0 Å². The van der Waals surface area contributed by atoms with E-state index in [9.17, 15) is 9.59 Å². The van der Waals surface area contributed by atoms with Crippen LogP contribution in [0.25, 0.3) is 5.69 Å². The molecule has 126 valence electrons. The second kappa shape index (κ2) is 6.39. The number of amides is 1. The standard InChI is InChI=1S/C17H18BrN3O3/c1-10-16(18)11(2)21(19-10)14-5-3-12(4-6-14)17(24)20(9-15(22)23)13-7-8-13/h3-6,13H,7-9H2,1-2H3,(H,22,23). The van der Waals surface area contributed by atoms with Crippen molar-refractivity contribution in [2.75, 3.05) is 6.54 Å². The van der Waals surface area contributed by atoms with Gasteiger partial charge in [0.25, 0.3) is 5.91 Å². The molecule has 1 aromatic heterocycles. The minimum atomic E-state index is -0.987. The lowest BCUT2D eigenvalue weighted by molar-refractivity contribution is -0.137. The third-order valence-electron chi connectivity index (χ3n) is 4.12. The number of nitrogens with zero attached hydrogens (tertiary/aromatic N) is 3. The van der Waals surface area contributed by atoms with Crippen molar-refractivity contribution in [2.24, 2.45) is 0 Å². The first-order valence-electron chi connectivity index (χ1n) is 7.73. The monoisotopic (exact) mass is 391 g/mol. The SMILES string of the molecule is Cc1nn(-c2ccc(C(=O)N(CC(=O)O)C3CC3)cc2)c(C)c1Br. The molecule has 1 fully saturated rings. The molecule has 1 saturated carbocycles. The molecule has 1 amide bonds. The number of carboxylic acid groups (broad SMARTS) is 1. The Bertz CT molecular complexity index is 794. The van der Waals surface area contributed by atoms with E-state index in [1.54, 1.807) is 12.1 Å². The van der Waals surface area contributed by atoms with Crippen LogP contribution in [0.2, 0.25) is 0 Å². The molecule has 3 rings (SSSR count). The van der Waals surface area contributed by atoms with Gasteiger partial charge in [0.15, 0.2) is 0 Å². The van der Waals surface area contributed by atoms with Gasteiger partial charge in [-0.3, -0.25) is 9.59 Å².